The highest BCUT2D eigenvalue weighted by molar-refractivity contribution is 5.79. The first kappa shape index (κ1) is 16.8. The molecule has 0 bridgehead atoms. The van der Waals surface area contributed by atoms with Crippen molar-refractivity contribution >= 4 is 12.0 Å². The van der Waals surface area contributed by atoms with Crippen molar-refractivity contribution in [2.24, 2.45) is 5.41 Å². The lowest BCUT2D eigenvalue weighted by Gasteiger charge is -2.31. The standard InChI is InChI=1S/C19H26N2O3/c1-18(16(22)23)11-12-21(14-18)17(24)20-13-19(9-5-6-10-19)15-7-3-2-4-8-15/h2-4,7-8H,5-6,9-14H2,1H3,(H,20,24)(H,22,23). The number of hydrogen-bond acceptors (Lipinski definition) is 2. The maximum absolute atomic E-state index is 12.5. The SMILES string of the molecule is CC1(C(=O)O)CCN(C(=O)NCC2(c3ccccc3)CCCC2)C1. The molecular weight excluding hydrogens is 304 g/mol. The summed E-state index contributed by atoms with van der Waals surface area (Å²) in [6, 6.07) is 10.3. The summed E-state index contributed by atoms with van der Waals surface area (Å²) in [6.45, 7) is 3.13. The van der Waals surface area contributed by atoms with Crippen molar-refractivity contribution in [3.8, 4) is 0 Å². The minimum atomic E-state index is -0.825. The van der Waals surface area contributed by atoms with Gasteiger partial charge in [0.2, 0.25) is 0 Å². The van der Waals surface area contributed by atoms with Gasteiger partial charge in [-0.3, -0.25) is 4.79 Å². The Kier molecular flexibility index (Phi) is 4.52. The van der Waals surface area contributed by atoms with Crippen LogP contribution in [0.15, 0.2) is 30.3 Å². The van der Waals surface area contributed by atoms with E-state index in [-0.39, 0.29) is 18.0 Å². The fraction of sp³-hybridized carbons (Fsp3) is 0.579. The number of likely N-dealkylation sites (tertiary alicyclic amines) is 1. The molecular formula is C19H26N2O3. The molecule has 0 spiro atoms. The number of amides is 2. The molecule has 0 radical (unpaired) electrons. The number of nitrogens with zero attached hydrogens (tertiary/aromatic N) is 1. The van der Waals surface area contributed by atoms with E-state index in [1.165, 1.54) is 18.4 Å². The predicted molar refractivity (Wildman–Crippen MR) is 91.9 cm³/mol. The van der Waals surface area contributed by atoms with Gasteiger partial charge in [0, 0.05) is 25.0 Å². The molecule has 2 amide bonds. The number of carbonyl (C=O) groups excluding carboxylic acids is 1. The largest absolute Gasteiger partial charge is 0.481 e. The van der Waals surface area contributed by atoms with Crippen LogP contribution in [0.5, 0.6) is 0 Å². The number of nitrogens with one attached hydrogen (secondary N) is 1. The van der Waals surface area contributed by atoms with Crippen molar-refractivity contribution in [2.45, 2.75) is 44.4 Å². The van der Waals surface area contributed by atoms with Gasteiger partial charge in [-0.15, -0.1) is 0 Å². The van der Waals surface area contributed by atoms with E-state index in [9.17, 15) is 14.7 Å². The number of benzene rings is 1. The number of rotatable bonds is 4. The Morgan fingerprint density at radius 1 is 1.17 bits per heavy atom. The highest BCUT2D eigenvalue weighted by Crippen LogP contribution is 2.40. The summed E-state index contributed by atoms with van der Waals surface area (Å²) in [5.41, 5.74) is 0.494. The molecule has 2 fully saturated rings. The molecule has 1 aromatic rings. The third-order valence-electron chi connectivity index (χ3n) is 5.80. The Labute approximate surface area is 143 Å². The van der Waals surface area contributed by atoms with Crippen LogP contribution in [-0.4, -0.2) is 41.6 Å². The Hall–Kier alpha value is -2.04. The lowest BCUT2D eigenvalue weighted by atomic mass is 9.79. The van der Waals surface area contributed by atoms with Gasteiger partial charge in [0.15, 0.2) is 0 Å². The summed E-state index contributed by atoms with van der Waals surface area (Å²) in [5, 5.41) is 12.4. The second-order valence-electron chi connectivity index (χ2n) is 7.55. The van der Waals surface area contributed by atoms with E-state index in [1.54, 1.807) is 11.8 Å². The van der Waals surface area contributed by atoms with Gasteiger partial charge >= 0.3 is 12.0 Å². The first-order valence-corrected chi connectivity index (χ1v) is 8.77. The molecule has 1 aliphatic heterocycles. The Balaban J connectivity index is 1.64. The van der Waals surface area contributed by atoms with E-state index in [1.807, 2.05) is 6.07 Å². The lowest BCUT2D eigenvalue weighted by molar-refractivity contribution is -0.147. The number of urea groups is 1. The molecule has 24 heavy (non-hydrogen) atoms. The molecule has 1 aromatic carbocycles. The molecule has 5 heteroatoms. The van der Waals surface area contributed by atoms with Crippen LogP contribution in [0.2, 0.25) is 0 Å². The topological polar surface area (TPSA) is 69.6 Å². The summed E-state index contributed by atoms with van der Waals surface area (Å²) < 4.78 is 0. The number of hydrogen-bond donors (Lipinski definition) is 2. The van der Waals surface area contributed by atoms with Gasteiger partial charge in [-0.05, 0) is 31.7 Å². The van der Waals surface area contributed by atoms with Crippen LogP contribution in [-0.2, 0) is 10.2 Å². The van der Waals surface area contributed by atoms with Gasteiger partial charge in [0.05, 0.1) is 5.41 Å². The van der Waals surface area contributed by atoms with E-state index in [4.69, 9.17) is 0 Å². The summed E-state index contributed by atoms with van der Waals surface area (Å²) in [4.78, 5) is 25.5. The highest BCUT2D eigenvalue weighted by atomic mass is 16.4. The second kappa shape index (κ2) is 6.46. The van der Waals surface area contributed by atoms with Gasteiger partial charge in [0.1, 0.15) is 0 Å². The lowest BCUT2D eigenvalue weighted by Crippen LogP contribution is -2.46. The average Bonchev–Trinajstić information content (AvgIpc) is 3.22. The van der Waals surface area contributed by atoms with Crippen LogP contribution < -0.4 is 5.32 Å². The Morgan fingerprint density at radius 3 is 2.42 bits per heavy atom. The normalized spacial score (nSPS) is 25.6. The Morgan fingerprint density at radius 2 is 1.83 bits per heavy atom. The zero-order valence-electron chi connectivity index (χ0n) is 14.3. The first-order valence-electron chi connectivity index (χ1n) is 8.77. The predicted octanol–water partition coefficient (Wildman–Crippen LogP) is 3.00. The average molecular weight is 330 g/mol. The molecule has 130 valence electrons. The molecule has 1 heterocycles. The van der Waals surface area contributed by atoms with Gasteiger partial charge in [-0.1, -0.05) is 43.2 Å². The van der Waals surface area contributed by atoms with Crippen molar-refractivity contribution in [1.82, 2.24) is 10.2 Å². The molecule has 1 saturated carbocycles. The number of carboxylic acids is 1. The monoisotopic (exact) mass is 330 g/mol. The maximum Gasteiger partial charge on any atom is 0.317 e. The fourth-order valence-corrected chi connectivity index (χ4v) is 4.08. The van der Waals surface area contributed by atoms with Gasteiger partial charge in [-0.25, -0.2) is 4.79 Å². The van der Waals surface area contributed by atoms with Crippen LogP contribution in [0, 0.1) is 5.41 Å². The van der Waals surface area contributed by atoms with E-state index in [0.29, 0.717) is 19.5 Å². The van der Waals surface area contributed by atoms with Crippen LogP contribution in [0.3, 0.4) is 0 Å². The van der Waals surface area contributed by atoms with Crippen LogP contribution in [0.1, 0.15) is 44.6 Å². The molecule has 3 rings (SSSR count). The zero-order chi connectivity index (χ0) is 17.2. The van der Waals surface area contributed by atoms with E-state index in [2.05, 4.69) is 29.6 Å². The molecule has 0 aromatic heterocycles. The first-order chi connectivity index (χ1) is 11.5. The molecule has 1 aliphatic carbocycles. The van der Waals surface area contributed by atoms with Crippen molar-refractivity contribution in [2.75, 3.05) is 19.6 Å². The molecule has 1 saturated heterocycles. The summed E-state index contributed by atoms with van der Waals surface area (Å²) >= 11 is 0. The van der Waals surface area contributed by atoms with Crippen molar-refractivity contribution in [3.63, 3.8) is 0 Å². The zero-order valence-corrected chi connectivity index (χ0v) is 14.3. The number of aliphatic carboxylic acids is 1. The number of carboxylic acid groups (broad SMARTS) is 1. The minimum absolute atomic E-state index is 0.0206. The third-order valence-corrected chi connectivity index (χ3v) is 5.80. The molecule has 5 nitrogen and oxygen atoms in total. The number of carbonyl (C=O) groups is 2. The fourth-order valence-electron chi connectivity index (χ4n) is 4.08. The highest BCUT2D eigenvalue weighted by Gasteiger charge is 2.43. The van der Waals surface area contributed by atoms with Crippen LogP contribution in [0.25, 0.3) is 0 Å². The van der Waals surface area contributed by atoms with Gasteiger partial charge in [-0.2, -0.15) is 0 Å². The second-order valence-corrected chi connectivity index (χ2v) is 7.55. The van der Waals surface area contributed by atoms with Gasteiger partial charge in [0.25, 0.3) is 0 Å². The van der Waals surface area contributed by atoms with Crippen LogP contribution in [0.4, 0.5) is 4.79 Å². The summed E-state index contributed by atoms with van der Waals surface area (Å²) in [6.07, 6.45) is 5.06. The van der Waals surface area contributed by atoms with Crippen LogP contribution >= 0.6 is 0 Å². The van der Waals surface area contributed by atoms with Crippen molar-refractivity contribution in [1.29, 1.82) is 0 Å². The maximum atomic E-state index is 12.5. The Bertz CT molecular complexity index is 610. The van der Waals surface area contributed by atoms with Crippen molar-refractivity contribution in [3.05, 3.63) is 35.9 Å². The smallest absolute Gasteiger partial charge is 0.317 e. The van der Waals surface area contributed by atoms with Gasteiger partial charge < -0.3 is 15.3 Å². The molecule has 1 atom stereocenters. The van der Waals surface area contributed by atoms with E-state index in [0.717, 1.165) is 12.8 Å². The molecule has 2 N–H and O–H groups in total. The van der Waals surface area contributed by atoms with E-state index < -0.39 is 11.4 Å². The molecule has 2 aliphatic rings. The minimum Gasteiger partial charge on any atom is -0.481 e. The third kappa shape index (κ3) is 3.12. The van der Waals surface area contributed by atoms with Crippen molar-refractivity contribution < 1.29 is 14.7 Å². The quantitative estimate of drug-likeness (QED) is 0.891. The van der Waals surface area contributed by atoms with E-state index >= 15 is 0 Å². The summed E-state index contributed by atoms with van der Waals surface area (Å²) in [7, 11) is 0. The molecule has 1 unspecified atom stereocenters. The summed E-state index contributed by atoms with van der Waals surface area (Å²) in [5.74, 6) is -0.825.